The number of hydrogen-bond donors (Lipinski definition) is 2. The Morgan fingerprint density at radius 2 is 0.630 bits per heavy atom. The first kappa shape index (κ1) is 36.0. The van der Waals surface area contributed by atoms with Crippen molar-refractivity contribution < 1.29 is 10.2 Å². The fourth-order valence-electron chi connectivity index (χ4n) is 5.77. The van der Waals surface area contributed by atoms with Crippen molar-refractivity contribution in [3.63, 3.8) is 0 Å². The molecule has 0 spiro atoms. The summed E-state index contributed by atoms with van der Waals surface area (Å²) in [7, 11) is 3.56. The van der Waals surface area contributed by atoms with E-state index in [9.17, 15) is 10.2 Å². The maximum Gasteiger partial charge on any atom is 0.123 e. The summed E-state index contributed by atoms with van der Waals surface area (Å²) in [4.78, 5) is 2.45. The van der Waals surface area contributed by atoms with Gasteiger partial charge in [-0.05, 0) is 103 Å². The van der Waals surface area contributed by atoms with Crippen LogP contribution < -0.4 is 0 Å². The van der Waals surface area contributed by atoms with Crippen LogP contribution in [0.1, 0.15) is 128 Å². The Morgan fingerprint density at radius 3 is 0.848 bits per heavy atom. The SMILES string of the molecule is CC(C)(C)c1cc(Cc2ccc(SSc3ccc(Cc4cc(C(C)(C)C)c(O)c(C(C)(C)C)c4)cc3)cc2)cc(C(C)(C)C)c1O. The molecule has 0 heterocycles. The van der Waals surface area contributed by atoms with Crippen LogP contribution >= 0.6 is 21.6 Å². The summed E-state index contributed by atoms with van der Waals surface area (Å²) in [5.74, 6) is 0.871. The second-order valence-corrected chi connectivity index (χ2v) is 19.2. The molecule has 4 rings (SSSR count). The average Bonchev–Trinajstić information content (AvgIpc) is 2.92. The van der Waals surface area contributed by atoms with Crippen LogP contribution in [0.15, 0.2) is 82.6 Å². The molecule has 0 aliphatic heterocycles. The van der Waals surface area contributed by atoms with Crippen molar-refractivity contribution >= 4 is 21.6 Å². The largest absolute Gasteiger partial charge is 0.507 e. The van der Waals surface area contributed by atoms with E-state index in [4.69, 9.17) is 0 Å². The van der Waals surface area contributed by atoms with Crippen LogP contribution in [-0.4, -0.2) is 10.2 Å². The molecule has 2 N–H and O–H groups in total. The molecule has 0 saturated carbocycles. The third-order valence-electron chi connectivity index (χ3n) is 8.47. The Labute approximate surface area is 286 Å². The van der Waals surface area contributed by atoms with Crippen LogP contribution in [0.5, 0.6) is 11.5 Å². The Kier molecular flexibility index (Phi) is 10.5. The molecule has 246 valence electrons. The minimum absolute atomic E-state index is 0.132. The van der Waals surface area contributed by atoms with Crippen LogP contribution in [0.25, 0.3) is 0 Å². The summed E-state index contributed by atoms with van der Waals surface area (Å²) in [6.45, 7) is 26.0. The first-order chi connectivity index (χ1) is 21.1. The summed E-state index contributed by atoms with van der Waals surface area (Å²) < 4.78 is 0. The molecule has 0 unspecified atom stereocenters. The Hall–Kier alpha value is -2.82. The monoisotopic (exact) mass is 654 g/mol. The predicted octanol–water partition coefficient (Wildman–Crippen LogP) is 12.3. The van der Waals surface area contributed by atoms with Gasteiger partial charge in [-0.25, -0.2) is 0 Å². The molecule has 0 amide bonds. The molecule has 0 fully saturated rings. The summed E-state index contributed by atoms with van der Waals surface area (Å²) in [6.07, 6.45) is 1.67. The first-order valence-electron chi connectivity index (χ1n) is 16.4. The number of rotatable bonds is 7. The van der Waals surface area contributed by atoms with Crippen molar-refractivity contribution in [1.29, 1.82) is 0 Å². The van der Waals surface area contributed by atoms with E-state index in [0.29, 0.717) is 11.5 Å². The van der Waals surface area contributed by atoms with Gasteiger partial charge >= 0.3 is 0 Å². The van der Waals surface area contributed by atoms with Crippen LogP contribution in [-0.2, 0) is 34.5 Å². The van der Waals surface area contributed by atoms with Gasteiger partial charge in [0.1, 0.15) is 11.5 Å². The van der Waals surface area contributed by atoms with E-state index in [-0.39, 0.29) is 21.7 Å². The standard InChI is InChI=1S/C42H54O2S2/c1-39(2,3)33-23-29(24-34(37(33)43)40(4,5)6)21-27-13-17-31(18-14-27)45-46-32-19-15-28(16-20-32)22-30-25-35(41(7,8)9)38(44)36(26-30)42(10,11)12/h13-20,23-26,43-44H,21-22H2,1-12H3. The molecule has 0 aliphatic carbocycles. The average molecular weight is 655 g/mol. The molecule has 4 aromatic rings. The second-order valence-electron chi connectivity index (χ2n) is 16.9. The summed E-state index contributed by atoms with van der Waals surface area (Å²) >= 11 is 0. The lowest BCUT2D eigenvalue weighted by molar-refractivity contribution is 0.422. The van der Waals surface area contributed by atoms with E-state index in [1.54, 1.807) is 21.6 Å². The topological polar surface area (TPSA) is 40.5 Å². The zero-order chi connectivity index (χ0) is 34.2. The highest BCUT2D eigenvalue weighted by molar-refractivity contribution is 8.76. The number of hydrogen-bond acceptors (Lipinski definition) is 4. The van der Waals surface area contributed by atoms with E-state index in [1.807, 2.05) is 0 Å². The zero-order valence-corrected chi connectivity index (χ0v) is 31.7. The van der Waals surface area contributed by atoms with Crippen LogP contribution in [0, 0.1) is 0 Å². The summed E-state index contributed by atoms with van der Waals surface area (Å²) in [5, 5.41) is 22.2. The normalized spacial score (nSPS) is 12.9. The molecule has 0 aromatic heterocycles. The van der Waals surface area contributed by atoms with Gasteiger partial charge in [0.05, 0.1) is 0 Å². The molecule has 4 heteroatoms. The maximum atomic E-state index is 11.1. The zero-order valence-electron chi connectivity index (χ0n) is 30.1. The molecule has 2 nitrogen and oxygen atoms in total. The highest BCUT2D eigenvalue weighted by atomic mass is 33.1. The molecular formula is C42H54O2S2. The minimum Gasteiger partial charge on any atom is -0.507 e. The number of aromatic hydroxyl groups is 2. The molecule has 0 bridgehead atoms. The van der Waals surface area contributed by atoms with Crippen LogP contribution in [0.4, 0.5) is 0 Å². The first-order valence-corrected chi connectivity index (χ1v) is 18.5. The van der Waals surface area contributed by atoms with Crippen molar-refractivity contribution in [3.05, 3.63) is 117 Å². The van der Waals surface area contributed by atoms with Crippen LogP contribution in [0.2, 0.25) is 0 Å². The van der Waals surface area contributed by atoms with E-state index in [2.05, 4.69) is 156 Å². The molecule has 0 atom stereocenters. The van der Waals surface area contributed by atoms with Gasteiger partial charge in [-0.1, -0.05) is 153 Å². The number of benzene rings is 4. The van der Waals surface area contributed by atoms with Gasteiger partial charge in [0.2, 0.25) is 0 Å². The van der Waals surface area contributed by atoms with Gasteiger partial charge in [0.15, 0.2) is 0 Å². The molecule has 0 saturated heterocycles. The molecule has 46 heavy (non-hydrogen) atoms. The number of phenols is 2. The second kappa shape index (κ2) is 13.4. The summed E-state index contributed by atoms with van der Waals surface area (Å²) in [5.41, 5.74) is 8.52. The van der Waals surface area contributed by atoms with Gasteiger partial charge in [0, 0.05) is 9.79 Å². The van der Waals surface area contributed by atoms with E-state index < -0.39 is 0 Å². The molecule has 0 aliphatic rings. The maximum absolute atomic E-state index is 11.1. The fourth-order valence-corrected chi connectivity index (χ4v) is 7.70. The predicted molar refractivity (Wildman–Crippen MR) is 201 cm³/mol. The molecular weight excluding hydrogens is 601 g/mol. The van der Waals surface area contributed by atoms with Crippen molar-refractivity contribution in [2.75, 3.05) is 0 Å². The Balaban J connectivity index is 1.43. The van der Waals surface area contributed by atoms with Crippen molar-refractivity contribution in [3.8, 4) is 11.5 Å². The highest BCUT2D eigenvalue weighted by Crippen LogP contribution is 2.42. The van der Waals surface area contributed by atoms with E-state index >= 15 is 0 Å². The third kappa shape index (κ3) is 8.95. The Bertz CT molecular complexity index is 1460. The lowest BCUT2D eigenvalue weighted by atomic mass is 9.78. The quantitative estimate of drug-likeness (QED) is 0.195. The summed E-state index contributed by atoms with van der Waals surface area (Å²) in [6, 6.07) is 26.5. The number of phenolic OH excluding ortho intramolecular Hbond substituents is 2. The van der Waals surface area contributed by atoms with Crippen molar-refractivity contribution in [2.45, 2.75) is 127 Å². The van der Waals surface area contributed by atoms with Gasteiger partial charge in [-0.15, -0.1) is 0 Å². The van der Waals surface area contributed by atoms with Gasteiger partial charge in [-0.2, -0.15) is 0 Å². The van der Waals surface area contributed by atoms with Crippen molar-refractivity contribution in [1.82, 2.24) is 0 Å². The smallest absolute Gasteiger partial charge is 0.123 e. The fraction of sp³-hybridized carbons (Fsp3) is 0.429. The van der Waals surface area contributed by atoms with E-state index in [0.717, 1.165) is 35.1 Å². The minimum atomic E-state index is -0.132. The van der Waals surface area contributed by atoms with Crippen molar-refractivity contribution in [2.24, 2.45) is 0 Å². The lowest BCUT2D eigenvalue weighted by Gasteiger charge is -2.28. The van der Waals surface area contributed by atoms with Gasteiger partial charge < -0.3 is 10.2 Å². The van der Waals surface area contributed by atoms with Gasteiger partial charge in [-0.3, -0.25) is 0 Å². The van der Waals surface area contributed by atoms with Crippen LogP contribution in [0.3, 0.4) is 0 Å². The third-order valence-corrected chi connectivity index (χ3v) is 10.9. The van der Waals surface area contributed by atoms with Gasteiger partial charge in [0.25, 0.3) is 0 Å². The highest BCUT2D eigenvalue weighted by Gasteiger charge is 2.28. The van der Waals surface area contributed by atoms with E-state index in [1.165, 1.54) is 32.0 Å². The Morgan fingerprint density at radius 1 is 0.391 bits per heavy atom. The lowest BCUT2D eigenvalue weighted by Crippen LogP contribution is -2.18. The molecule has 0 radical (unpaired) electrons. The molecule has 4 aromatic carbocycles.